The molecule has 2 aromatic carbocycles. The van der Waals surface area contributed by atoms with E-state index in [-0.39, 0.29) is 29.4 Å². The second-order valence-electron chi connectivity index (χ2n) is 10.4. The van der Waals surface area contributed by atoms with Crippen molar-refractivity contribution < 1.29 is 19.1 Å². The number of likely N-dealkylation sites (tertiary alicyclic amines) is 1. The molecule has 1 saturated heterocycles. The Morgan fingerprint density at radius 3 is 2.66 bits per heavy atom. The topological polar surface area (TPSA) is 116 Å². The van der Waals surface area contributed by atoms with E-state index in [1.807, 2.05) is 13.0 Å². The van der Waals surface area contributed by atoms with Crippen molar-refractivity contribution in [3.8, 4) is 0 Å². The molecule has 0 radical (unpaired) electrons. The maximum absolute atomic E-state index is 13.3. The number of aromatic amines is 1. The van der Waals surface area contributed by atoms with Gasteiger partial charge in [0.15, 0.2) is 0 Å². The summed E-state index contributed by atoms with van der Waals surface area (Å²) in [6.45, 7) is 8.03. The van der Waals surface area contributed by atoms with E-state index in [0.29, 0.717) is 34.0 Å². The number of alkyl carbamates (subject to hydrolysis) is 1. The summed E-state index contributed by atoms with van der Waals surface area (Å²) in [7, 11) is 0. The Balaban J connectivity index is 1.39. The second kappa shape index (κ2) is 11.2. The first-order valence-corrected chi connectivity index (χ1v) is 13.2. The third kappa shape index (κ3) is 6.57. The number of carbonyl (C=O) groups is 3. The molecule has 1 aliphatic rings. The monoisotopic (exact) mass is 559 g/mol. The summed E-state index contributed by atoms with van der Waals surface area (Å²) in [4.78, 5) is 47.6. The minimum absolute atomic E-state index is 0.173. The first kappa shape index (κ1) is 27.7. The summed E-state index contributed by atoms with van der Waals surface area (Å²) < 4.78 is 5.28. The minimum atomic E-state index is -0.602. The lowest BCUT2D eigenvalue weighted by atomic mass is 10.1. The van der Waals surface area contributed by atoms with Gasteiger partial charge in [-0.15, -0.1) is 0 Å². The smallest absolute Gasteiger partial charge is 0.407 e. The van der Waals surface area contributed by atoms with Crippen LogP contribution in [0.4, 0.5) is 4.79 Å². The number of ether oxygens (including phenoxy) is 1. The van der Waals surface area contributed by atoms with Crippen molar-refractivity contribution in [1.29, 1.82) is 0 Å². The number of carbonyl (C=O) groups excluding carboxylic acids is 3. The maximum Gasteiger partial charge on any atom is 0.407 e. The average molecular weight is 560 g/mol. The SMILES string of the molecule is CC(NC(=O)c1ccc(C(=O)N2CCCC2CNC(=O)OC(C)(C)C)c(Cl)c1)c1nc2cc(Cl)ccc2[nH]1. The molecule has 11 heteroatoms. The van der Waals surface area contributed by atoms with Crippen LogP contribution in [0.15, 0.2) is 36.4 Å². The van der Waals surface area contributed by atoms with E-state index < -0.39 is 17.7 Å². The van der Waals surface area contributed by atoms with Gasteiger partial charge in [0.05, 0.1) is 27.7 Å². The number of nitrogens with zero attached hydrogens (tertiary/aromatic N) is 2. The molecule has 0 aliphatic carbocycles. The van der Waals surface area contributed by atoms with Crippen LogP contribution in [0.3, 0.4) is 0 Å². The van der Waals surface area contributed by atoms with Crippen LogP contribution in [0.2, 0.25) is 10.0 Å². The predicted molar refractivity (Wildman–Crippen MR) is 147 cm³/mol. The van der Waals surface area contributed by atoms with Gasteiger partial charge < -0.3 is 25.3 Å². The lowest BCUT2D eigenvalue weighted by molar-refractivity contribution is 0.0501. The molecule has 2 atom stereocenters. The molecule has 0 saturated carbocycles. The zero-order valence-corrected chi connectivity index (χ0v) is 23.2. The van der Waals surface area contributed by atoms with Gasteiger partial charge in [0, 0.05) is 29.7 Å². The summed E-state index contributed by atoms with van der Waals surface area (Å²) >= 11 is 12.5. The molecule has 0 bridgehead atoms. The summed E-state index contributed by atoms with van der Waals surface area (Å²) in [5.41, 5.74) is 1.55. The highest BCUT2D eigenvalue weighted by Gasteiger charge is 2.31. The quantitative estimate of drug-likeness (QED) is 0.369. The van der Waals surface area contributed by atoms with Crippen molar-refractivity contribution in [2.45, 2.75) is 58.2 Å². The molecule has 1 aliphatic heterocycles. The van der Waals surface area contributed by atoms with Crippen LogP contribution in [0.25, 0.3) is 11.0 Å². The van der Waals surface area contributed by atoms with Gasteiger partial charge in [0.25, 0.3) is 11.8 Å². The number of benzene rings is 2. The van der Waals surface area contributed by atoms with Gasteiger partial charge in [-0.25, -0.2) is 9.78 Å². The highest BCUT2D eigenvalue weighted by Crippen LogP contribution is 2.26. The molecule has 0 spiro atoms. The lowest BCUT2D eigenvalue weighted by Crippen LogP contribution is -2.44. The van der Waals surface area contributed by atoms with Crippen LogP contribution in [-0.4, -0.2) is 57.5 Å². The van der Waals surface area contributed by atoms with Crippen molar-refractivity contribution in [2.24, 2.45) is 0 Å². The number of fused-ring (bicyclic) bond motifs is 1. The molecule has 1 fully saturated rings. The highest BCUT2D eigenvalue weighted by atomic mass is 35.5. The van der Waals surface area contributed by atoms with Gasteiger partial charge in [-0.2, -0.15) is 0 Å². The van der Waals surface area contributed by atoms with E-state index >= 15 is 0 Å². The van der Waals surface area contributed by atoms with Crippen LogP contribution in [-0.2, 0) is 4.74 Å². The van der Waals surface area contributed by atoms with Gasteiger partial charge in [0.2, 0.25) is 0 Å². The molecular weight excluding hydrogens is 529 g/mol. The average Bonchev–Trinajstić information content (AvgIpc) is 3.48. The molecule has 2 heterocycles. The number of H-pyrrole nitrogens is 1. The van der Waals surface area contributed by atoms with Crippen molar-refractivity contribution in [3.05, 3.63) is 63.4 Å². The summed E-state index contributed by atoms with van der Waals surface area (Å²) in [5.74, 6) is -0.00386. The maximum atomic E-state index is 13.3. The van der Waals surface area contributed by atoms with E-state index in [9.17, 15) is 14.4 Å². The molecule has 1 aromatic heterocycles. The van der Waals surface area contributed by atoms with Crippen LogP contribution < -0.4 is 10.6 Å². The molecule has 3 amide bonds. The van der Waals surface area contributed by atoms with Crippen molar-refractivity contribution >= 4 is 52.1 Å². The number of rotatable bonds is 6. The lowest BCUT2D eigenvalue weighted by Gasteiger charge is -2.26. The van der Waals surface area contributed by atoms with Gasteiger partial charge in [-0.3, -0.25) is 9.59 Å². The fourth-order valence-corrected chi connectivity index (χ4v) is 4.79. The van der Waals surface area contributed by atoms with Gasteiger partial charge in [0.1, 0.15) is 11.4 Å². The van der Waals surface area contributed by atoms with Gasteiger partial charge in [-0.1, -0.05) is 23.2 Å². The number of halogens is 2. The van der Waals surface area contributed by atoms with Gasteiger partial charge >= 0.3 is 6.09 Å². The summed E-state index contributed by atoms with van der Waals surface area (Å²) in [6, 6.07) is 9.38. The number of amides is 3. The zero-order chi connectivity index (χ0) is 27.6. The fourth-order valence-electron chi connectivity index (χ4n) is 4.37. The standard InChI is InChI=1S/C27H31Cl2N5O4/c1-15(23-32-21-10-8-17(28)13-22(21)33-23)31-24(35)16-7-9-19(20(29)12-16)25(36)34-11-5-6-18(34)14-30-26(37)38-27(2,3)4/h7-10,12-13,15,18H,5-6,11,14H2,1-4H3,(H,30,37)(H,31,35)(H,32,33). The molecule has 202 valence electrons. The van der Waals surface area contributed by atoms with Gasteiger partial charge in [-0.05, 0) is 76.9 Å². The Kier molecular flexibility index (Phi) is 8.18. The molecule has 3 N–H and O–H groups in total. The molecular formula is C27H31Cl2N5O4. The second-order valence-corrected chi connectivity index (χ2v) is 11.2. The Hall–Kier alpha value is -3.30. The van der Waals surface area contributed by atoms with Crippen LogP contribution in [0, 0.1) is 0 Å². The summed E-state index contributed by atoms with van der Waals surface area (Å²) in [6.07, 6.45) is 1.05. The molecule has 38 heavy (non-hydrogen) atoms. The van der Waals surface area contributed by atoms with Crippen LogP contribution in [0.5, 0.6) is 0 Å². The van der Waals surface area contributed by atoms with Crippen LogP contribution >= 0.6 is 23.2 Å². The third-order valence-corrected chi connectivity index (χ3v) is 6.75. The Labute approximate surface area is 231 Å². The van der Waals surface area contributed by atoms with Crippen LogP contribution in [0.1, 0.15) is 73.1 Å². The molecule has 4 rings (SSSR count). The Morgan fingerprint density at radius 2 is 1.95 bits per heavy atom. The third-order valence-electron chi connectivity index (χ3n) is 6.20. The van der Waals surface area contributed by atoms with Crippen molar-refractivity contribution in [3.63, 3.8) is 0 Å². The number of imidazole rings is 1. The summed E-state index contributed by atoms with van der Waals surface area (Å²) in [5, 5.41) is 6.40. The van der Waals surface area contributed by atoms with E-state index in [2.05, 4.69) is 20.6 Å². The molecule has 9 nitrogen and oxygen atoms in total. The Morgan fingerprint density at radius 1 is 1.18 bits per heavy atom. The first-order valence-electron chi connectivity index (χ1n) is 12.4. The number of aromatic nitrogens is 2. The predicted octanol–water partition coefficient (Wildman–Crippen LogP) is 5.49. The number of hydrogen-bond donors (Lipinski definition) is 3. The van der Waals surface area contributed by atoms with E-state index in [4.69, 9.17) is 27.9 Å². The minimum Gasteiger partial charge on any atom is -0.444 e. The van der Waals surface area contributed by atoms with E-state index in [0.717, 1.165) is 18.4 Å². The molecule has 2 unspecified atom stereocenters. The fraction of sp³-hybridized carbons (Fsp3) is 0.407. The van der Waals surface area contributed by atoms with E-state index in [1.54, 1.807) is 49.9 Å². The largest absolute Gasteiger partial charge is 0.444 e. The van der Waals surface area contributed by atoms with Crippen molar-refractivity contribution in [2.75, 3.05) is 13.1 Å². The highest BCUT2D eigenvalue weighted by molar-refractivity contribution is 6.34. The zero-order valence-electron chi connectivity index (χ0n) is 21.7. The van der Waals surface area contributed by atoms with E-state index in [1.165, 1.54) is 6.07 Å². The number of nitrogens with one attached hydrogen (secondary N) is 3. The number of hydrogen-bond acceptors (Lipinski definition) is 5. The Bertz CT molecular complexity index is 1370. The normalized spacial score (nSPS) is 16.4. The molecule has 3 aromatic rings. The first-order chi connectivity index (χ1) is 17.9. The van der Waals surface area contributed by atoms with Crippen molar-refractivity contribution in [1.82, 2.24) is 25.5 Å².